The molecule has 1 aliphatic rings. The number of carbonyl (C=O) groups excluding carboxylic acids is 2. The first-order valence-electron chi connectivity index (χ1n) is 12.4. The summed E-state index contributed by atoms with van der Waals surface area (Å²) < 4.78 is 32.5. The third-order valence-electron chi connectivity index (χ3n) is 6.60. The molecule has 0 spiro atoms. The first-order valence-corrected chi connectivity index (χ1v) is 13.8. The van der Waals surface area contributed by atoms with Gasteiger partial charge in [-0.15, -0.1) is 0 Å². The Hall–Kier alpha value is -2.91. The van der Waals surface area contributed by atoms with Crippen molar-refractivity contribution in [1.29, 1.82) is 0 Å². The van der Waals surface area contributed by atoms with E-state index < -0.39 is 16.1 Å². The second kappa shape index (κ2) is 12.4. The third-order valence-corrected chi connectivity index (χ3v) is 8.52. The highest BCUT2D eigenvalue weighted by Gasteiger charge is 2.34. The predicted molar refractivity (Wildman–Crippen MR) is 139 cm³/mol. The van der Waals surface area contributed by atoms with Crippen LogP contribution in [0.5, 0.6) is 5.75 Å². The standard InChI is InChI=1S/C27H37N3O5S/c1-19(2)25(27(32)28-16-13-21-7-9-23(35-4)10-8-21)29-26(31)22-14-17-30(18-15-22)36(33,34)24-11-5-20(3)6-12-24/h5-12,19,22,25H,13-18H2,1-4H3,(H,28,32)(H,29,31)/t25-/m0/s1. The summed E-state index contributed by atoms with van der Waals surface area (Å²) in [7, 11) is -1.97. The van der Waals surface area contributed by atoms with Crippen molar-refractivity contribution in [3.8, 4) is 5.75 Å². The number of hydrogen-bond donors (Lipinski definition) is 2. The zero-order valence-electron chi connectivity index (χ0n) is 21.5. The van der Waals surface area contributed by atoms with E-state index in [1.807, 2.05) is 45.0 Å². The highest BCUT2D eigenvalue weighted by molar-refractivity contribution is 7.89. The molecule has 1 aliphatic heterocycles. The van der Waals surface area contributed by atoms with Crippen molar-refractivity contribution in [3.63, 3.8) is 0 Å². The Morgan fingerprint density at radius 3 is 2.19 bits per heavy atom. The van der Waals surface area contributed by atoms with E-state index in [-0.39, 0.29) is 41.6 Å². The van der Waals surface area contributed by atoms with Crippen molar-refractivity contribution in [2.75, 3.05) is 26.7 Å². The fourth-order valence-corrected chi connectivity index (χ4v) is 5.73. The van der Waals surface area contributed by atoms with Crippen molar-refractivity contribution in [2.45, 2.75) is 51.0 Å². The first kappa shape index (κ1) is 27.7. The molecular formula is C27H37N3O5S. The molecule has 0 saturated carbocycles. The van der Waals surface area contributed by atoms with Gasteiger partial charge in [-0.1, -0.05) is 43.7 Å². The Balaban J connectivity index is 1.50. The molecule has 196 valence electrons. The van der Waals surface area contributed by atoms with E-state index in [9.17, 15) is 18.0 Å². The third kappa shape index (κ3) is 7.07. The number of rotatable bonds is 10. The molecule has 2 aromatic rings. The highest BCUT2D eigenvalue weighted by Crippen LogP contribution is 2.24. The minimum Gasteiger partial charge on any atom is -0.497 e. The Kier molecular flexibility index (Phi) is 9.50. The Morgan fingerprint density at radius 1 is 1.03 bits per heavy atom. The Morgan fingerprint density at radius 2 is 1.64 bits per heavy atom. The average molecular weight is 516 g/mol. The van der Waals surface area contributed by atoms with Gasteiger partial charge < -0.3 is 15.4 Å². The maximum atomic E-state index is 13.0. The molecule has 0 aliphatic carbocycles. The van der Waals surface area contributed by atoms with Crippen molar-refractivity contribution < 1.29 is 22.7 Å². The number of sulfonamides is 1. The van der Waals surface area contributed by atoms with Crippen LogP contribution in [-0.4, -0.2) is 57.3 Å². The summed E-state index contributed by atoms with van der Waals surface area (Å²) >= 11 is 0. The van der Waals surface area contributed by atoms with Gasteiger partial charge in [-0.05, 0) is 61.9 Å². The zero-order chi connectivity index (χ0) is 26.3. The van der Waals surface area contributed by atoms with Gasteiger partial charge in [-0.25, -0.2) is 8.42 Å². The smallest absolute Gasteiger partial charge is 0.243 e. The molecule has 1 atom stereocenters. The lowest BCUT2D eigenvalue weighted by Gasteiger charge is -2.32. The molecule has 2 amide bonds. The van der Waals surface area contributed by atoms with Gasteiger partial charge in [0.25, 0.3) is 0 Å². The van der Waals surface area contributed by atoms with E-state index in [0.717, 1.165) is 16.9 Å². The molecule has 36 heavy (non-hydrogen) atoms. The number of methoxy groups -OCH3 is 1. The molecule has 0 aromatic heterocycles. The van der Waals surface area contributed by atoms with Gasteiger partial charge in [0, 0.05) is 25.6 Å². The summed E-state index contributed by atoms with van der Waals surface area (Å²) in [4.78, 5) is 26.1. The molecular weight excluding hydrogens is 478 g/mol. The van der Waals surface area contributed by atoms with Gasteiger partial charge in [0.15, 0.2) is 0 Å². The summed E-state index contributed by atoms with van der Waals surface area (Å²) in [5, 5.41) is 5.83. The second-order valence-electron chi connectivity index (χ2n) is 9.61. The van der Waals surface area contributed by atoms with Crippen molar-refractivity contribution in [1.82, 2.24) is 14.9 Å². The minimum atomic E-state index is -3.58. The summed E-state index contributed by atoms with van der Waals surface area (Å²) in [6.45, 7) is 6.70. The summed E-state index contributed by atoms with van der Waals surface area (Å²) in [6, 6.07) is 13.8. The summed E-state index contributed by atoms with van der Waals surface area (Å²) in [5.41, 5.74) is 2.07. The van der Waals surface area contributed by atoms with Crippen LogP contribution in [0.2, 0.25) is 0 Å². The summed E-state index contributed by atoms with van der Waals surface area (Å²) in [5.74, 6) is -0.0543. The molecule has 3 rings (SSSR count). The molecule has 0 unspecified atom stereocenters. The molecule has 1 heterocycles. The second-order valence-corrected chi connectivity index (χ2v) is 11.5. The molecule has 0 bridgehead atoms. The van der Waals surface area contributed by atoms with E-state index in [2.05, 4.69) is 10.6 Å². The van der Waals surface area contributed by atoms with Crippen LogP contribution < -0.4 is 15.4 Å². The molecule has 9 heteroatoms. The van der Waals surface area contributed by atoms with Gasteiger partial charge in [-0.2, -0.15) is 4.31 Å². The number of nitrogens with one attached hydrogen (secondary N) is 2. The van der Waals surface area contributed by atoms with Gasteiger partial charge in [0.05, 0.1) is 12.0 Å². The van der Waals surface area contributed by atoms with Gasteiger partial charge in [0.1, 0.15) is 11.8 Å². The van der Waals surface area contributed by atoms with Crippen molar-refractivity contribution in [3.05, 3.63) is 59.7 Å². The largest absolute Gasteiger partial charge is 0.497 e. The van der Waals surface area contributed by atoms with Crippen molar-refractivity contribution in [2.24, 2.45) is 11.8 Å². The number of nitrogens with zero attached hydrogens (tertiary/aromatic N) is 1. The number of ether oxygens (including phenoxy) is 1. The number of amides is 2. The number of piperidine rings is 1. The van der Waals surface area contributed by atoms with Crippen LogP contribution in [0.15, 0.2) is 53.4 Å². The van der Waals surface area contributed by atoms with Gasteiger partial charge in [-0.3, -0.25) is 9.59 Å². The van der Waals surface area contributed by atoms with E-state index in [1.165, 1.54) is 4.31 Å². The quantitative estimate of drug-likeness (QED) is 0.506. The van der Waals surface area contributed by atoms with Gasteiger partial charge >= 0.3 is 0 Å². The normalized spacial score (nSPS) is 15.9. The number of aryl methyl sites for hydroxylation is 1. The lowest BCUT2D eigenvalue weighted by Crippen LogP contribution is -2.52. The number of benzene rings is 2. The van der Waals surface area contributed by atoms with E-state index in [0.29, 0.717) is 25.8 Å². The molecule has 1 saturated heterocycles. The number of carbonyl (C=O) groups is 2. The molecule has 2 aromatic carbocycles. The molecule has 0 radical (unpaired) electrons. The molecule has 8 nitrogen and oxygen atoms in total. The molecule has 2 N–H and O–H groups in total. The van der Waals surface area contributed by atoms with Crippen LogP contribution in [0, 0.1) is 18.8 Å². The van der Waals surface area contributed by atoms with Crippen LogP contribution in [-0.2, 0) is 26.0 Å². The zero-order valence-corrected chi connectivity index (χ0v) is 22.3. The van der Waals surface area contributed by atoms with Crippen LogP contribution in [0.1, 0.15) is 37.8 Å². The van der Waals surface area contributed by atoms with E-state index in [4.69, 9.17) is 4.74 Å². The van der Waals surface area contributed by atoms with Crippen molar-refractivity contribution >= 4 is 21.8 Å². The fraction of sp³-hybridized carbons (Fsp3) is 0.481. The highest BCUT2D eigenvalue weighted by atomic mass is 32.2. The fourth-order valence-electron chi connectivity index (χ4n) is 4.26. The van der Waals surface area contributed by atoms with Crippen LogP contribution >= 0.6 is 0 Å². The van der Waals surface area contributed by atoms with Crippen LogP contribution in [0.25, 0.3) is 0 Å². The maximum absolute atomic E-state index is 13.0. The predicted octanol–water partition coefficient (Wildman–Crippen LogP) is 2.90. The minimum absolute atomic E-state index is 0.0862. The SMILES string of the molecule is COc1ccc(CCNC(=O)[C@@H](NC(=O)C2CCN(S(=O)(=O)c3ccc(C)cc3)CC2)C(C)C)cc1. The van der Waals surface area contributed by atoms with E-state index >= 15 is 0 Å². The molecule has 1 fully saturated rings. The average Bonchev–Trinajstić information content (AvgIpc) is 2.87. The lowest BCUT2D eigenvalue weighted by molar-refractivity contribution is -0.132. The topological polar surface area (TPSA) is 105 Å². The van der Waals surface area contributed by atoms with Gasteiger partial charge in [0.2, 0.25) is 21.8 Å². The number of hydrogen-bond acceptors (Lipinski definition) is 5. The Bertz CT molecular complexity index is 1120. The van der Waals surface area contributed by atoms with Crippen LogP contribution in [0.3, 0.4) is 0 Å². The Labute approximate surface area is 214 Å². The van der Waals surface area contributed by atoms with E-state index in [1.54, 1.807) is 31.4 Å². The van der Waals surface area contributed by atoms with Crippen LogP contribution in [0.4, 0.5) is 0 Å². The monoisotopic (exact) mass is 515 g/mol. The maximum Gasteiger partial charge on any atom is 0.243 e. The summed E-state index contributed by atoms with van der Waals surface area (Å²) in [6.07, 6.45) is 1.50. The first-order chi connectivity index (χ1) is 17.1. The lowest BCUT2D eigenvalue weighted by atomic mass is 9.95.